The van der Waals surface area contributed by atoms with Crippen molar-refractivity contribution in [3.63, 3.8) is 0 Å². The molecule has 0 heterocycles. The lowest BCUT2D eigenvalue weighted by Crippen LogP contribution is -2.34. The second-order valence-electron chi connectivity index (χ2n) is 6.04. The molecule has 1 rings (SSSR count). The molecular formula is C17H24ClNO3. The molecule has 0 fully saturated rings. The van der Waals surface area contributed by atoms with Crippen LogP contribution in [-0.4, -0.2) is 25.3 Å². The highest BCUT2D eigenvalue weighted by molar-refractivity contribution is 6.25. The number of nitrogens with one attached hydrogen (secondary N) is 1. The second-order valence-corrected chi connectivity index (χ2v) is 6.26. The van der Waals surface area contributed by atoms with Crippen LogP contribution in [0.5, 0.6) is 5.75 Å². The molecule has 0 aliphatic heterocycles. The maximum absolute atomic E-state index is 11.7. The average Bonchev–Trinajstić information content (AvgIpc) is 2.45. The SMILES string of the molecule is COc1cccc(C(C)/C(=C/Cl)CNC(=O)OC(C)(C)C)c1. The number of benzene rings is 1. The number of hydrogen-bond acceptors (Lipinski definition) is 3. The van der Waals surface area contributed by atoms with Crippen LogP contribution >= 0.6 is 11.6 Å². The Balaban J connectivity index is 2.69. The minimum Gasteiger partial charge on any atom is -0.497 e. The highest BCUT2D eigenvalue weighted by Crippen LogP contribution is 2.27. The summed E-state index contributed by atoms with van der Waals surface area (Å²) in [5.41, 5.74) is 2.94. The summed E-state index contributed by atoms with van der Waals surface area (Å²) in [6.45, 7) is 7.83. The molecule has 1 N–H and O–H groups in total. The molecule has 5 heteroatoms. The van der Waals surface area contributed by atoms with Crippen LogP contribution in [0.4, 0.5) is 4.79 Å². The van der Waals surface area contributed by atoms with Gasteiger partial charge in [-0.15, -0.1) is 0 Å². The van der Waals surface area contributed by atoms with Gasteiger partial charge in [0.05, 0.1) is 7.11 Å². The second kappa shape index (κ2) is 8.08. The van der Waals surface area contributed by atoms with E-state index >= 15 is 0 Å². The standard InChI is InChI=1S/C17H24ClNO3/c1-12(13-7-6-8-15(9-13)21-5)14(10-18)11-19-16(20)22-17(2,3)4/h6-10,12H,11H2,1-5H3,(H,19,20)/b14-10+. The first-order chi connectivity index (χ1) is 10.3. The van der Waals surface area contributed by atoms with E-state index < -0.39 is 11.7 Å². The molecule has 1 amide bonds. The summed E-state index contributed by atoms with van der Waals surface area (Å²) in [5, 5.41) is 2.72. The molecule has 0 saturated heterocycles. The normalized spacial score (nSPS) is 13.5. The fraction of sp³-hybridized carbons (Fsp3) is 0.471. The van der Waals surface area contributed by atoms with Crippen LogP contribution in [0, 0.1) is 0 Å². The Bertz CT molecular complexity index is 535. The number of alkyl carbamates (subject to hydrolysis) is 1. The van der Waals surface area contributed by atoms with Crippen LogP contribution < -0.4 is 10.1 Å². The summed E-state index contributed by atoms with van der Waals surface area (Å²) in [7, 11) is 1.63. The molecular weight excluding hydrogens is 302 g/mol. The Kier molecular flexibility index (Phi) is 6.75. The van der Waals surface area contributed by atoms with E-state index in [1.807, 2.05) is 52.0 Å². The van der Waals surface area contributed by atoms with Crippen molar-refractivity contribution in [1.29, 1.82) is 0 Å². The molecule has 0 saturated carbocycles. The van der Waals surface area contributed by atoms with Gasteiger partial charge in [0.2, 0.25) is 0 Å². The van der Waals surface area contributed by atoms with E-state index in [1.54, 1.807) is 7.11 Å². The Morgan fingerprint density at radius 1 is 1.41 bits per heavy atom. The summed E-state index contributed by atoms with van der Waals surface area (Å²) in [6.07, 6.45) is -0.457. The molecule has 0 aliphatic rings. The third-order valence-electron chi connectivity index (χ3n) is 3.13. The van der Waals surface area contributed by atoms with Gasteiger partial charge in [-0.3, -0.25) is 0 Å². The van der Waals surface area contributed by atoms with Crippen molar-refractivity contribution < 1.29 is 14.3 Å². The third kappa shape index (κ3) is 5.98. The quantitative estimate of drug-likeness (QED) is 0.870. The van der Waals surface area contributed by atoms with Gasteiger partial charge in [-0.1, -0.05) is 30.7 Å². The van der Waals surface area contributed by atoms with Gasteiger partial charge >= 0.3 is 6.09 Å². The lowest BCUT2D eigenvalue weighted by Gasteiger charge is -2.21. The zero-order valence-corrected chi connectivity index (χ0v) is 14.5. The van der Waals surface area contributed by atoms with E-state index in [2.05, 4.69) is 5.32 Å². The smallest absolute Gasteiger partial charge is 0.407 e. The fourth-order valence-electron chi connectivity index (χ4n) is 1.90. The Hall–Kier alpha value is -1.68. The summed E-state index contributed by atoms with van der Waals surface area (Å²) in [4.78, 5) is 11.7. The van der Waals surface area contributed by atoms with Gasteiger partial charge in [-0.05, 0) is 44.0 Å². The van der Waals surface area contributed by atoms with Crippen LogP contribution in [-0.2, 0) is 4.74 Å². The largest absolute Gasteiger partial charge is 0.497 e. The molecule has 22 heavy (non-hydrogen) atoms. The number of amides is 1. The van der Waals surface area contributed by atoms with Crippen molar-refractivity contribution in [3.8, 4) is 5.75 Å². The first-order valence-corrected chi connectivity index (χ1v) is 7.60. The summed E-state index contributed by atoms with van der Waals surface area (Å²) in [6, 6.07) is 7.77. The number of hydrogen-bond donors (Lipinski definition) is 1. The molecule has 4 nitrogen and oxygen atoms in total. The maximum atomic E-state index is 11.7. The number of rotatable bonds is 5. The number of methoxy groups -OCH3 is 1. The van der Waals surface area contributed by atoms with Crippen LogP contribution in [0.25, 0.3) is 0 Å². The summed E-state index contributed by atoms with van der Waals surface area (Å²) in [5.74, 6) is 0.848. The number of ether oxygens (including phenoxy) is 2. The maximum Gasteiger partial charge on any atom is 0.407 e. The van der Waals surface area contributed by atoms with Gasteiger partial charge in [0.1, 0.15) is 11.4 Å². The van der Waals surface area contributed by atoms with Crippen molar-refractivity contribution in [3.05, 3.63) is 40.9 Å². The lowest BCUT2D eigenvalue weighted by molar-refractivity contribution is 0.0532. The molecule has 1 atom stereocenters. The Morgan fingerprint density at radius 3 is 2.64 bits per heavy atom. The van der Waals surface area contributed by atoms with E-state index in [1.165, 1.54) is 5.54 Å². The van der Waals surface area contributed by atoms with Crippen LogP contribution in [0.3, 0.4) is 0 Å². The average molecular weight is 326 g/mol. The molecule has 0 aliphatic carbocycles. The van der Waals surface area contributed by atoms with Gasteiger partial charge in [0.15, 0.2) is 0 Å². The highest BCUT2D eigenvalue weighted by atomic mass is 35.5. The molecule has 0 spiro atoms. The highest BCUT2D eigenvalue weighted by Gasteiger charge is 2.18. The predicted octanol–water partition coefficient (Wildman–Crippen LogP) is 4.45. The summed E-state index contributed by atoms with van der Waals surface area (Å²) >= 11 is 5.92. The number of carbonyl (C=O) groups excluding carboxylic acids is 1. The van der Waals surface area contributed by atoms with Crippen molar-refractivity contribution in [2.45, 2.75) is 39.2 Å². The van der Waals surface area contributed by atoms with Crippen LogP contribution in [0.1, 0.15) is 39.2 Å². The molecule has 1 aromatic carbocycles. The molecule has 122 valence electrons. The summed E-state index contributed by atoms with van der Waals surface area (Å²) < 4.78 is 10.4. The Labute approximate surface area is 137 Å². The van der Waals surface area contributed by atoms with Gasteiger partial charge in [-0.2, -0.15) is 0 Å². The lowest BCUT2D eigenvalue weighted by atomic mass is 9.94. The fourth-order valence-corrected chi connectivity index (χ4v) is 2.17. The van der Waals surface area contributed by atoms with Gasteiger partial charge in [0.25, 0.3) is 0 Å². The first-order valence-electron chi connectivity index (χ1n) is 7.16. The monoisotopic (exact) mass is 325 g/mol. The topological polar surface area (TPSA) is 47.6 Å². The number of halogens is 1. The van der Waals surface area contributed by atoms with E-state index in [9.17, 15) is 4.79 Å². The molecule has 0 radical (unpaired) electrons. The zero-order chi connectivity index (χ0) is 16.8. The molecule has 0 bridgehead atoms. The molecule has 1 unspecified atom stereocenters. The Morgan fingerprint density at radius 2 is 2.09 bits per heavy atom. The van der Waals surface area contributed by atoms with Gasteiger partial charge in [-0.25, -0.2) is 4.79 Å². The van der Waals surface area contributed by atoms with Crippen molar-refractivity contribution in [1.82, 2.24) is 5.32 Å². The minimum atomic E-state index is -0.520. The molecule has 1 aromatic rings. The van der Waals surface area contributed by atoms with Gasteiger partial charge in [0, 0.05) is 18.0 Å². The van der Waals surface area contributed by atoms with Crippen LogP contribution in [0.2, 0.25) is 0 Å². The number of carbonyl (C=O) groups is 1. The zero-order valence-electron chi connectivity index (χ0n) is 13.8. The van der Waals surface area contributed by atoms with Crippen molar-refractivity contribution in [2.75, 3.05) is 13.7 Å². The van der Waals surface area contributed by atoms with E-state index in [4.69, 9.17) is 21.1 Å². The minimum absolute atomic E-state index is 0.0579. The van der Waals surface area contributed by atoms with E-state index in [0.29, 0.717) is 6.54 Å². The molecule has 0 aromatic heterocycles. The van der Waals surface area contributed by atoms with Crippen molar-refractivity contribution in [2.24, 2.45) is 0 Å². The van der Waals surface area contributed by atoms with Gasteiger partial charge < -0.3 is 14.8 Å². The van der Waals surface area contributed by atoms with Crippen LogP contribution in [0.15, 0.2) is 35.4 Å². The third-order valence-corrected chi connectivity index (χ3v) is 3.41. The van der Waals surface area contributed by atoms with E-state index in [-0.39, 0.29) is 5.92 Å². The van der Waals surface area contributed by atoms with E-state index in [0.717, 1.165) is 16.9 Å². The predicted molar refractivity (Wildman–Crippen MR) is 89.6 cm³/mol. The first kappa shape index (κ1) is 18.4. The van der Waals surface area contributed by atoms with Crippen molar-refractivity contribution >= 4 is 17.7 Å².